The van der Waals surface area contributed by atoms with Gasteiger partial charge in [0.25, 0.3) is 5.91 Å². The van der Waals surface area contributed by atoms with E-state index in [1.165, 1.54) is 45.2 Å². The Hall–Kier alpha value is -4.41. The number of nitrogens with one attached hydrogen (secondary N) is 2. The highest BCUT2D eigenvalue weighted by atomic mass is 19.4. The van der Waals surface area contributed by atoms with Gasteiger partial charge >= 0.3 is 18.0 Å². The molecule has 0 aromatic heterocycles. The van der Waals surface area contributed by atoms with E-state index in [0.29, 0.717) is 6.07 Å². The Morgan fingerprint density at radius 2 is 1.47 bits per heavy atom. The first kappa shape index (κ1) is 40.8. The van der Waals surface area contributed by atoms with Crippen molar-refractivity contribution in [3.8, 4) is 5.75 Å². The van der Waals surface area contributed by atoms with E-state index in [-0.39, 0.29) is 11.3 Å². The van der Waals surface area contributed by atoms with Gasteiger partial charge in [-0.2, -0.15) is 30.7 Å². The number of carbonyl (C=O) groups is 5. The molecule has 0 aliphatic carbocycles. The van der Waals surface area contributed by atoms with Gasteiger partial charge in [0.05, 0.1) is 19.6 Å². The van der Waals surface area contributed by atoms with Gasteiger partial charge in [-0.15, -0.1) is 0 Å². The zero-order chi connectivity index (χ0) is 37.3. The summed E-state index contributed by atoms with van der Waals surface area (Å²) in [6.45, 7) is -0.295. The number of hydrogen-bond donors (Lipinski definition) is 2. The number of ether oxygens (including phenoxy) is 2. The van der Waals surface area contributed by atoms with Crippen molar-refractivity contribution in [2.45, 2.75) is 50.8 Å². The standard InChI is InChI=1S/C32H34F8N2O7/c1-17(2)23(27(45)32(39,40)29(47)41-16-30(34,35)36)14-24(43)26(18-8-10-22(49-4)11-9-18)42-28(46)19(15-48-3)12-25(44)31(37,38)20-6-5-7-21(33)13-20/h5-11,13,17,19,23,26H,12,14-16H2,1-4H3,(H,41,47)(H,42,46)/t19-,23-,26-/m0/s1. The molecule has 2 aromatic rings. The highest BCUT2D eigenvalue weighted by molar-refractivity contribution is 6.09. The first-order valence-electron chi connectivity index (χ1n) is 14.6. The summed E-state index contributed by atoms with van der Waals surface area (Å²) in [6, 6.07) is 6.59. The van der Waals surface area contributed by atoms with E-state index < -0.39 is 108 Å². The molecule has 0 heterocycles. The number of methoxy groups -OCH3 is 2. The quantitative estimate of drug-likeness (QED) is 0.163. The van der Waals surface area contributed by atoms with E-state index in [2.05, 4.69) is 5.32 Å². The molecule has 0 radical (unpaired) electrons. The van der Waals surface area contributed by atoms with Gasteiger partial charge in [-0.05, 0) is 35.7 Å². The third-order valence-corrected chi connectivity index (χ3v) is 7.37. The van der Waals surface area contributed by atoms with Crippen LogP contribution in [0.4, 0.5) is 35.1 Å². The van der Waals surface area contributed by atoms with E-state index in [9.17, 15) is 59.1 Å². The molecule has 3 atom stereocenters. The van der Waals surface area contributed by atoms with E-state index in [1.54, 1.807) is 0 Å². The molecule has 49 heavy (non-hydrogen) atoms. The van der Waals surface area contributed by atoms with Crippen molar-refractivity contribution in [3.63, 3.8) is 0 Å². The van der Waals surface area contributed by atoms with Crippen LogP contribution in [-0.4, -0.2) is 68.6 Å². The molecule has 9 nitrogen and oxygen atoms in total. The fourth-order valence-electron chi connectivity index (χ4n) is 4.63. The van der Waals surface area contributed by atoms with E-state index in [0.717, 1.165) is 30.6 Å². The number of ketones is 3. The van der Waals surface area contributed by atoms with Crippen molar-refractivity contribution in [2.24, 2.45) is 17.8 Å². The number of halogens is 8. The molecule has 0 aliphatic heterocycles. The van der Waals surface area contributed by atoms with Gasteiger partial charge in [0.15, 0.2) is 5.78 Å². The van der Waals surface area contributed by atoms with Crippen LogP contribution in [-0.2, 0) is 34.6 Å². The topological polar surface area (TPSA) is 128 Å². The van der Waals surface area contributed by atoms with Gasteiger partial charge in [-0.3, -0.25) is 24.0 Å². The van der Waals surface area contributed by atoms with Gasteiger partial charge < -0.3 is 20.1 Å². The summed E-state index contributed by atoms with van der Waals surface area (Å²) in [5.74, 6) is -23.4. The Balaban J connectivity index is 2.41. The Labute approximate surface area is 275 Å². The summed E-state index contributed by atoms with van der Waals surface area (Å²) in [4.78, 5) is 64.4. The van der Waals surface area contributed by atoms with Gasteiger partial charge in [-0.25, -0.2) is 4.39 Å². The number of amides is 2. The lowest BCUT2D eigenvalue weighted by molar-refractivity contribution is -0.167. The molecule has 0 saturated carbocycles. The second kappa shape index (κ2) is 16.8. The maximum Gasteiger partial charge on any atom is 0.405 e. The zero-order valence-electron chi connectivity index (χ0n) is 26.6. The van der Waals surface area contributed by atoms with Crippen molar-refractivity contribution < 1.29 is 68.6 Å². The molecule has 0 bridgehead atoms. The minimum absolute atomic E-state index is 0.00336. The maximum atomic E-state index is 14.9. The summed E-state index contributed by atoms with van der Waals surface area (Å²) in [5, 5.41) is 3.21. The molecule has 2 N–H and O–H groups in total. The first-order valence-corrected chi connectivity index (χ1v) is 14.6. The van der Waals surface area contributed by atoms with Crippen LogP contribution in [0.15, 0.2) is 48.5 Å². The lowest BCUT2D eigenvalue weighted by Crippen LogP contribution is -2.51. The predicted octanol–water partition coefficient (Wildman–Crippen LogP) is 5.12. The van der Waals surface area contributed by atoms with E-state index in [1.807, 2.05) is 0 Å². The summed E-state index contributed by atoms with van der Waals surface area (Å²) in [7, 11) is 2.40. The average Bonchev–Trinajstić information content (AvgIpc) is 3.03. The Bertz CT molecular complexity index is 1500. The van der Waals surface area contributed by atoms with E-state index in [4.69, 9.17) is 9.47 Å². The SMILES string of the molecule is COC[C@H](CC(=O)C(F)(F)c1cccc(F)c1)C(=O)N[C@H](C(=O)C[C@H](C(=O)C(F)(F)C(=O)NCC(F)(F)F)C(C)C)c1ccc(OC)cc1. The number of carbonyl (C=O) groups excluding carboxylic acids is 5. The van der Waals surface area contributed by atoms with Gasteiger partial charge in [-0.1, -0.05) is 38.1 Å². The minimum atomic E-state index is -5.06. The molecule has 0 saturated heterocycles. The van der Waals surface area contributed by atoms with Crippen LogP contribution in [0, 0.1) is 23.6 Å². The predicted molar refractivity (Wildman–Crippen MR) is 156 cm³/mol. The third kappa shape index (κ3) is 11.1. The molecular formula is C32H34F8N2O7. The molecule has 2 amide bonds. The summed E-state index contributed by atoms with van der Waals surface area (Å²) in [6.07, 6.45) is -7.27. The maximum absolute atomic E-state index is 14.9. The fraction of sp³-hybridized carbons (Fsp3) is 0.469. The largest absolute Gasteiger partial charge is 0.497 e. The van der Waals surface area contributed by atoms with Crippen LogP contribution in [0.25, 0.3) is 0 Å². The molecular weight excluding hydrogens is 676 g/mol. The van der Waals surface area contributed by atoms with Crippen molar-refractivity contribution in [2.75, 3.05) is 27.4 Å². The smallest absolute Gasteiger partial charge is 0.405 e. The number of benzene rings is 2. The fourth-order valence-corrected chi connectivity index (χ4v) is 4.63. The number of Topliss-reactive ketones (excluding diaryl/α,β-unsaturated/α-hetero) is 3. The number of alkyl halides is 7. The lowest BCUT2D eigenvalue weighted by atomic mass is 9.82. The Morgan fingerprint density at radius 1 is 0.857 bits per heavy atom. The highest BCUT2D eigenvalue weighted by Crippen LogP contribution is 2.33. The van der Waals surface area contributed by atoms with Crippen LogP contribution in [0.3, 0.4) is 0 Å². The zero-order valence-corrected chi connectivity index (χ0v) is 26.6. The lowest BCUT2D eigenvalue weighted by Gasteiger charge is -2.27. The molecule has 0 aliphatic rings. The molecule has 0 unspecified atom stereocenters. The Kier molecular flexibility index (Phi) is 14.0. The second-order valence-electron chi connectivity index (χ2n) is 11.3. The molecule has 0 fully saturated rings. The van der Waals surface area contributed by atoms with Crippen LogP contribution in [0.1, 0.15) is 43.9 Å². The molecule has 2 rings (SSSR count). The third-order valence-electron chi connectivity index (χ3n) is 7.37. The molecule has 17 heteroatoms. The first-order chi connectivity index (χ1) is 22.6. The van der Waals surface area contributed by atoms with Crippen molar-refractivity contribution in [1.82, 2.24) is 10.6 Å². The normalized spacial score (nSPS) is 14.1. The van der Waals surface area contributed by atoms with Crippen LogP contribution < -0.4 is 15.4 Å². The molecule has 0 spiro atoms. The number of rotatable bonds is 18. The van der Waals surface area contributed by atoms with Crippen molar-refractivity contribution in [1.29, 1.82) is 0 Å². The van der Waals surface area contributed by atoms with Crippen LogP contribution in [0.5, 0.6) is 5.75 Å². The molecule has 2 aromatic carbocycles. The van der Waals surface area contributed by atoms with Crippen molar-refractivity contribution in [3.05, 3.63) is 65.5 Å². The highest BCUT2D eigenvalue weighted by Gasteiger charge is 2.52. The monoisotopic (exact) mass is 710 g/mol. The van der Waals surface area contributed by atoms with Gasteiger partial charge in [0.2, 0.25) is 17.5 Å². The van der Waals surface area contributed by atoms with Crippen LogP contribution >= 0.6 is 0 Å². The Morgan fingerprint density at radius 3 is 1.98 bits per heavy atom. The summed E-state index contributed by atoms with van der Waals surface area (Å²) >= 11 is 0. The van der Waals surface area contributed by atoms with E-state index >= 15 is 0 Å². The molecule has 270 valence electrons. The second-order valence-corrected chi connectivity index (χ2v) is 11.3. The van der Waals surface area contributed by atoms with Crippen LogP contribution in [0.2, 0.25) is 0 Å². The minimum Gasteiger partial charge on any atom is -0.497 e. The van der Waals surface area contributed by atoms with Crippen molar-refractivity contribution >= 4 is 29.2 Å². The average molecular weight is 711 g/mol. The summed E-state index contributed by atoms with van der Waals surface area (Å²) < 4.78 is 120. The van der Waals surface area contributed by atoms with Gasteiger partial charge in [0.1, 0.15) is 24.2 Å². The van der Waals surface area contributed by atoms with Gasteiger partial charge in [0, 0.05) is 31.4 Å². The number of hydrogen-bond acceptors (Lipinski definition) is 7. The summed E-state index contributed by atoms with van der Waals surface area (Å²) in [5.41, 5.74) is -0.981.